The van der Waals surface area contributed by atoms with Crippen molar-refractivity contribution in [3.8, 4) is 0 Å². The fraction of sp³-hybridized carbons (Fsp3) is 0.375. The molecule has 118 valence electrons. The van der Waals surface area contributed by atoms with Gasteiger partial charge in [-0.2, -0.15) is 0 Å². The Hall–Kier alpha value is -0.920. The van der Waals surface area contributed by atoms with E-state index in [-0.39, 0.29) is 11.1 Å². The molecular formula is C16H19ClIN3O. The number of benzene rings is 1. The first-order valence-electron chi connectivity index (χ1n) is 7.31. The SMILES string of the molecule is CCN(CC)CCNC(=O)c1cc2cc(I)ccc2nc1Cl. The second kappa shape index (κ2) is 8.08. The van der Waals surface area contributed by atoms with E-state index in [1.165, 1.54) is 0 Å². The standard InChI is InChI=1S/C16H19ClIN3O/c1-3-21(4-2)8-7-19-16(22)13-10-11-9-12(18)5-6-14(11)20-15(13)17/h5-6,9-10H,3-4,7-8H2,1-2H3,(H,19,22). The lowest BCUT2D eigenvalue weighted by Crippen LogP contribution is -2.34. The maximum absolute atomic E-state index is 12.3. The van der Waals surface area contributed by atoms with Crippen LogP contribution in [0, 0.1) is 3.57 Å². The van der Waals surface area contributed by atoms with Crippen LogP contribution in [-0.2, 0) is 0 Å². The number of hydrogen-bond donors (Lipinski definition) is 1. The van der Waals surface area contributed by atoms with Crippen LogP contribution in [0.3, 0.4) is 0 Å². The molecular weight excluding hydrogens is 413 g/mol. The van der Waals surface area contributed by atoms with Crippen molar-refractivity contribution < 1.29 is 4.79 Å². The molecule has 4 nitrogen and oxygen atoms in total. The molecule has 0 spiro atoms. The number of fused-ring (bicyclic) bond motifs is 1. The Bertz CT molecular complexity index is 674. The van der Waals surface area contributed by atoms with Crippen molar-refractivity contribution in [2.45, 2.75) is 13.8 Å². The van der Waals surface area contributed by atoms with Crippen molar-refractivity contribution in [2.75, 3.05) is 26.2 Å². The van der Waals surface area contributed by atoms with Crippen molar-refractivity contribution in [1.29, 1.82) is 0 Å². The van der Waals surface area contributed by atoms with E-state index in [9.17, 15) is 4.79 Å². The summed E-state index contributed by atoms with van der Waals surface area (Å²) < 4.78 is 1.10. The number of aromatic nitrogens is 1. The van der Waals surface area contributed by atoms with Gasteiger partial charge >= 0.3 is 0 Å². The maximum atomic E-state index is 12.3. The second-order valence-corrected chi connectivity index (χ2v) is 6.55. The number of halogens is 2. The van der Waals surface area contributed by atoms with E-state index in [0.717, 1.165) is 34.1 Å². The average Bonchev–Trinajstić information content (AvgIpc) is 2.51. The lowest BCUT2D eigenvalue weighted by Gasteiger charge is -2.18. The molecule has 0 fully saturated rings. The minimum Gasteiger partial charge on any atom is -0.351 e. The first kappa shape index (κ1) is 17.4. The highest BCUT2D eigenvalue weighted by atomic mass is 127. The predicted molar refractivity (Wildman–Crippen MR) is 99.6 cm³/mol. The number of pyridine rings is 1. The van der Waals surface area contributed by atoms with Crippen LogP contribution < -0.4 is 5.32 Å². The lowest BCUT2D eigenvalue weighted by atomic mass is 10.1. The van der Waals surface area contributed by atoms with Crippen LogP contribution in [0.15, 0.2) is 24.3 Å². The number of hydrogen-bond acceptors (Lipinski definition) is 3. The average molecular weight is 432 g/mol. The molecule has 1 heterocycles. The lowest BCUT2D eigenvalue weighted by molar-refractivity contribution is 0.0949. The van der Waals surface area contributed by atoms with Gasteiger partial charge in [-0.1, -0.05) is 25.4 Å². The first-order chi connectivity index (χ1) is 10.5. The molecule has 1 aromatic heterocycles. The minimum absolute atomic E-state index is 0.176. The summed E-state index contributed by atoms with van der Waals surface area (Å²) in [6, 6.07) is 7.67. The van der Waals surface area contributed by atoms with Gasteiger partial charge in [0.15, 0.2) is 0 Å². The summed E-state index contributed by atoms with van der Waals surface area (Å²) in [4.78, 5) is 18.9. The minimum atomic E-state index is -0.176. The molecule has 0 unspecified atom stereocenters. The van der Waals surface area contributed by atoms with Gasteiger partial charge < -0.3 is 10.2 Å². The van der Waals surface area contributed by atoms with Gasteiger partial charge in [-0.25, -0.2) is 4.98 Å². The van der Waals surface area contributed by atoms with Crippen molar-refractivity contribution in [3.63, 3.8) is 0 Å². The fourth-order valence-electron chi connectivity index (χ4n) is 2.25. The zero-order chi connectivity index (χ0) is 16.1. The molecule has 0 atom stereocenters. The van der Waals surface area contributed by atoms with Gasteiger partial charge in [-0.15, -0.1) is 0 Å². The van der Waals surface area contributed by atoms with E-state index in [1.807, 2.05) is 18.2 Å². The van der Waals surface area contributed by atoms with Crippen molar-refractivity contribution in [2.24, 2.45) is 0 Å². The van der Waals surface area contributed by atoms with E-state index < -0.39 is 0 Å². The molecule has 6 heteroatoms. The molecule has 0 saturated heterocycles. The molecule has 22 heavy (non-hydrogen) atoms. The number of carbonyl (C=O) groups is 1. The van der Waals surface area contributed by atoms with Crippen LogP contribution in [0.2, 0.25) is 5.15 Å². The molecule has 0 radical (unpaired) electrons. The van der Waals surface area contributed by atoms with Crippen LogP contribution in [0.5, 0.6) is 0 Å². The van der Waals surface area contributed by atoms with Gasteiger partial charge in [0.05, 0.1) is 11.1 Å². The normalized spacial score (nSPS) is 11.1. The maximum Gasteiger partial charge on any atom is 0.254 e. The third-order valence-electron chi connectivity index (χ3n) is 3.58. The molecule has 2 rings (SSSR count). The highest BCUT2D eigenvalue weighted by Gasteiger charge is 2.13. The third-order valence-corrected chi connectivity index (χ3v) is 4.54. The fourth-order valence-corrected chi connectivity index (χ4v) is 2.99. The molecule has 1 amide bonds. The molecule has 0 bridgehead atoms. The predicted octanol–water partition coefficient (Wildman–Crippen LogP) is 3.56. The van der Waals surface area contributed by atoms with Crippen LogP contribution in [0.25, 0.3) is 10.9 Å². The Morgan fingerprint density at radius 2 is 2.05 bits per heavy atom. The monoisotopic (exact) mass is 431 g/mol. The van der Waals surface area contributed by atoms with Crippen molar-refractivity contribution >= 4 is 51.0 Å². The summed E-state index contributed by atoms with van der Waals surface area (Å²) in [7, 11) is 0. The summed E-state index contributed by atoms with van der Waals surface area (Å²) in [6.45, 7) is 7.59. The number of rotatable bonds is 6. The topological polar surface area (TPSA) is 45.2 Å². The number of nitrogens with zero attached hydrogens (tertiary/aromatic N) is 2. The molecule has 0 saturated carbocycles. The Morgan fingerprint density at radius 3 is 2.73 bits per heavy atom. The largest absolute Gasteiger partial charge is 0.351 e. The Labute approximate surface area is 149 Å². The zero-order valence-electron chi connectivity index (χ0n) is 12.7. The van der Waals surface area contributed by atoms with Crippen LogP contribution >= 0.6 is 34.2 Å². The molecule has 0 aliphatic heterocycles. The second-order valence-electron chi connectivity index (χ2n) is 4.95. The van der Waals surface area contributed by atoms with E-state index in [2.05, 4.69) is 51.6 Å². The molecule has 1 N–H and O–H groups in total. The number of nitrogens with one attached hydrogen (secondary N) is 1. The van der Waals surface area contributed by atoms with Gasteiger partial charge in [0, 0.05) is 22.0 Å². The first-order valence-corrected chi connectivity index (χ1v) is 8.77. The Balaban J connectivity index is 2.12. The van der Waals surface area contributed by atoms with Crippen molar-refractivity contribution in [1.82, 2.24) is 15.2 Å². The Morgan fingerprint density at radius 1 is 1.32 bits per heavy atom. The van der Waals surface area contributed by atoms with E-state index >= 15 is 0 Å². The van der Waals surface area contributed by atoms with Crippen LogP contribution in [-0.4, -0.2) is 42.0 Å². The van der Waals surface area contributed by atoms with E-state index in [0.29, 0.717) is 12.1 Å². The quantitative estimate of drug-likeness (QED) is 0.562. The Kier molecular flexibility index (Phi) is 6.40. The van der Waals surface area contributed by atoms with Crippen LogP contribution in [0.1, 0.15) is 24.2 Å². The third kappa shape index (κ3) is 4.30. The zero-order valence-corrected chi connectivity index (χ0v) is 15.6. The molecule has 1 aromatic carbocycles. The van der Waals surface area contributed by atoms with E-state index in [4.69, 9.17) is 11.6 Å². The van der Waals surface area contributed by atoms with E-state index in [1.54, 1.807) is 6.07 Å². The highest BCUT2D eigenvalue weighted by molar-refractivity contribution is 14.1. The highest BCUT2D eigenvalue weighted by Crippen LogP contribution is 2.22. The molecule has 0 aliphatic carbocycles. The van der Waals surface area contributed by atoms with Gasteiger partial charge in [-0.3, -0.25) is 4.79 Å². The summed E-state index contributed by atoms with van der Waals surface area (Å²) in [5.74, 6) is -0.176. The van der Waals surface area contributed by atoms with Gasteiger partial charge in [0.1, 0.15) is 5.15 Å². The van der Waals surface area contributed by atoms with Gasteiger partial charge in [0.25, 0.3) is 5.91 Å². The van der Waals surface area contributed by atoms with Gasteiger partial charge in [0.2, 0.25) is 0 Å². The summed E-state index contributed by atoms with van der Waals surface area (Å²) >= 11 is 8.39. The van der Waals surface area contributed by atoms with Crippen molar-refractivity contribution in [3.05, 3.63) is 38.6 Å². The summed E-state index contributed by atoms with van der Waals surface area (Å²) in [5, 5.41) is 4.08. The number of carbonyl (C=O) groups excluding carboxylic acids is 1. The number of likely N-dealkylation sites (N-methyl/N-ethyl adjacent to an activating group) is 1. The number of amides is 1. The smallest absolute Gasteiger partial charge is 0.254 e. The summed E-state index contributed by atoms with van der Waals surface area (Å²) in [6.07, 6.45) is 0. The summed E-state index contributed by atoms with van der Waals surface area (Å²) in [5.41, 5.74) is 1.22. The molecule has 2 aromatic rings. The van der Waals surface area contributed by atoms with Gasteiger partial charge in [-0.05, 0) is 59.9 Å². The van der Waals surface area contributed by atoms with Crippen LogP contribution in [0.4, 0.5) is 0 Å². The molecule has 0 aliphatic rings.